The molecule has 0 aliphatic carbocycles. The Labute approximate surface area is 96.1 Å². The second kappa shape index (κ2) is 3.79. The van der Waals surface area contributed by atoms with E-state index in [1.807, 2.05) is 18.3 Å². The number of hydrogen-bond donors (Lipinski definition) is 0. The van der Waals surface area contributed by atoms with Crippen LogP contribution in [0.15, 0.2) is 41.5 Å². The van der Waals surface area contributed by atoms with Gasteiger partial charge >= 0.3 is 0 Å². The molecule has 0 spiro atoms. The van der Waals surface area contributed by atoms with E-state index >= 15 is 0 Å². The molecule has 72 valence electrons. The van der Waals surface area contributed by atoms with Gasteiger partial charge in [0.15, 0.2) is 0 Å². The van der Waals surface area contributed by atoms with Gasteiger partial charge in [-0.15, -0.1) is 0 Å². The van der Waals surface area contributed by atoms with Crippen LogP contribution in [0.4, 0.5) is 0 Å². The van der Waals surface area contributed by atoms with Gasteiger partial charge in [0.1, 0.15) is 0 Å². The summed E-state index contributed by atoms with van der Waals surface area (Å²) in [5.74, 6) is 0. The molecule has 0 atom stereocenters. The number of hydrogen-bond acceptors (Lipinski definition) is 0. The van der Waals surface area contributed by atoms with Crippen molar-refractivity contribution in [3.8, 4) is 0 Å². The monoisotopic (exact) mass is 269 g/mol. The molecular formula is C11H9BrClN. The molecule has 1 heterocycles. The molecule has 0 N–H and O–H groups in total. The first kappa shape index (κ1) is 9.81. The van der Waals surface area contributed by atoms with E-state index in [1.165, 1.54) is 0 Å². The Morgan fingerprint density at radius 2 is 2.21 bits per heavy atom. The van der Waals surface area contributed by atoms with E-state index < -0.39 is 0 Å². The number of allylic oxidation sites excluding steroid dienone is 1. The zero-order valence-corrected chi connectivity index (χ0v) is 9.85. The minimum Gasteiger partial charge on any atom is -0.341 e. The average molecular weight is 271 g/mol. The van der Waals surface area contributed by atoms with Crippen molar-refractivity contribution in [2.45, 2.75) is 6.54 Å². The summed E-state index contributed by atoms with van der Waals surface area (Å²) in [6.07, 6.45) is 2.02. The molecule has 1 aromatic carbocycles. The smallest absolute Gasteiger partial charge is 0.0672 e. The predicted octanol–water partition coefficient (Wildman–Crippen LogP) is 4.20. The Kier molecular flexibility index (Phi) is 2.66. The molecule has 1 nitrogen and oxygen atoms in total. The summed E-state index contributed by atoms with van der Waals surface area (Å²) in [6.45, 7) is 4.56. The average Bonchev–Trinajstić information content (AvgIpc) is 2.49. The highest BCUT2D eigenvalue weighted by molar-refractivity contribution is 9.11. The lowest BCUT2D eigenvalue weighted by Crippen LogP contribution is -1.94. The molecule has 0 aliphatic heterocycles. The van der Waals surface area contributed by atoms with Crippen LogP contribution in [0, 0.1) is 0 Å². The lowest BCUT2D eigenvalue weighted by atomic mass is 10.2. The normalized spacial score (nSPS) is 10.7. The van der Waals surface area contributed by atoms with Gasteiger partial charge < -0.3 is 4.57 Å². The predicted molar refractivity (Wildman–Crippen MR) is 65.0 cm³/mol. The van der Waals surface area contributed by atoms with E-state index in [2.05, 4.69) is 39.2 Å². The molecule has 2 aromatic rings. The Bertz CT molecular complexity index is 487. The van der Waals surface area contributed by atoms with Crippen LogP contribution in [-0.4, -0.2) is 4.57 Å². The van der Waals surface area contributed by atoms with Gasteiger partial charge in [0.25, 0.3) is 0 Å². The van der Waals surface area contributed by atoms with Gasteiger partial charge in [-0.1, -0.05) is 46.2 Å². The zero-order chi connectivity index (χ0) is 10.1. The number of benzene rings is 1. The van der Waals surface area contributed by atoms with Crippen LogP contribution in [-0.2, 0) is 6.54 Å². The third-order valence-electron chi connectivity index (χ3n) is 2.08. The maximum atomic E-state index is 6.12. The van der Waals surface area contributed by atoms with Crippen molar-refractivity contribution in [1.29, 1.82) is 0 Å². The fourth-order valence-corrected chi connectivity index (χ4v) is 2.09. The highest BCUT2D eigenvalue weighted by atomic mass is 79.9. The second-order valence-corrected chi connectivity index (χ2v) is 4.67. The lowest BCUT2D eigenvalue weighted by molar-refractivity contribution is 0.858. The standard InChI is InChI=1S/C11H9BrClN/c1-8(12)7-14-6-5-9-3-2-4-10(13)11(9)14/h2-6H,1,7H2. The maximum absolute atomic E-state index is 6.12. The summed E-state index contributed by atoms with van der Waals surface area (Å²) >= 11 is 9.47. The molecule has 2 rings (SSSR count). The summed E-state index contributed by atoms with van der Waals surface area (Å²) < 4.78 is 3.02. The summed E-state index contributed by atoms with van der Waals surface area (Å²) in [5, 5.41) is 1.94. The van der Waals surface area contributed by atoms with E-state index in [1.54, 1.807) is 0 Å². The van der Waals surface area contributed by atoms with E-state index in [0.717, 1.165) is 27.0 Å². The van der Waals surface area contributed by atoms with Gasteiger partial charge in [0, 0.05) is 16.1 Å². The summed E-state index contributed by atoms with van der Waals surface area (Å²) in [5.41, 5.74) is 1.06. The van der Waals surface area contributed by atoms with E-state index in [4.69, 9.17) is 11.6 Å². The molecule has 14 heavy (non-hydrogen) atoms. The number of aromatic nitrogens is 1. The van der Waals surface area contributed by atoms with Crippen molar-refractivity contribution >= 4 is 38.4 Å². The first-order chi connectivity index (χ1) is 6.68. The second-order valence-electron chi connectivity index (χ2n) is 3.14. The molecule has 0 bridgehead atoms. The number of halogens is 2. The van der Waals surface area contributed by atoms with E-state index in [0.29, 0.717) is 0 Å². The lowest BCUT2D eigenvalue weighted by Gasteiger charge is -2.04. The van der Waals surface area contributed by atoms with Crippen LogP contribution < -0.4 is 0 Å². The van der Waals surface area contributed by atoms with Gasteiger partial charge in [-0.3, -0.25) is 0 Å². The summed E-state index contributed by atoms with van der Waals surface area (Å²) in [6, 6.07) is 7.96. The van der Waals surface area contributed by atoms with Gasteiger partial charge in [0.05, 0.1) is 17.1 Å². The van der Waals surface area contributed by atoms with E-state index in [-0.39, 0.29) is 0 Å². The molecule has 0 amide bonds. The van der Waals surface area contributed by atoms with Crippen molar-refractivity contribution < 1.29 is 0 Å². The topological polar surface area (TPSA) is 4.93 Å². The van der Waals surface area contributed by atoms with Crippen LogP contribution in [0.5, 0.6) is 0 Å². The van der Waals surface area contributed by atoms with Crippen LogP contribution in [0.1, 0.15) is 0 Å². The molecule has 3 heteroatoms. The minimum atomic E-state index is 0.743. The molecule has 1 aromatic heterocycles. The van der Waals surface area contributed by atoms with Gasteiger partial charge in [-0.25, -0.2) is 0 Å². The highest BCUT2D eigenvalue weighted by Gasteiger charge is 2.04. The van der Waals surface area contributed by atoms with Crippen molar-refractivity contribution in [3.63, 3.8) is 0 Å². The molecule has 0 fully saturated rings. The van der Waals surface area contributed by atoms with Crippen LogP contribution in [0.25, 0.3) is 10.9 Å². The van der Waals surface area contributed by atoms with E-state index in [9.17, 15) is 0 Å². The molecular weight excluding hydrogens is 261 g/mol. The molecule has 0 radical (unpaired) electrons. The fourth-order valence-electron chi connectivity index (χ4n) is 1.53. The summed E-state index contributed by atoms with van der Waals surface area (Å²) in [4.78, 5) is 0. The maximum Gasteiger partial charge on any atom is 0.0672 e. The van der Waals surface area contributed by atoms with Crippen molar-refractivity contribution in [3.05, 3.63) is 46.5 Å². The zero-order valence-electron chi connectivity index (χ0n) is 7.50. The fraction of sp³-hybridized carbons (Fsp3) is 0.0909. The van der Waals surface area contributed by atoms with Crippen molar-refractivity contribution in [1.82, 2.24) is 4.57 Å². The summed E-state index contributed by atoms with van der Waals surface area (Å²) in [7, 11) is 0. The Morgan fingerprint density at radius 3 is 2.93 bits per heavy atom. The molecule has 0 unspecified atom stereocenters. The van der Waals surface area contributed by atoms with Crippen LogP contribution >= 0.6 is 27.5 Å². The van der Waals surface area contributed by atoms with Gasteiger partial charge in [-0.05, 0) is 12.1 Å². The number of nitrogens with zero attached hydrogens (tertiary/aromatic N) is 1. The van der Waals surface area contributed by atoms with Crippen molar-refractivity contribution in [2.24, 2.45) is 0 Å². The highest BCUT2D eigenvalue weighted by Crippen LogP contribution is 2.25. The van der Waals surface area contributed by atoms with Crippen molar-refractivity contribution in [2.75, 3.05) is 0 Å². The van der Waals surface area contributed by atoms with Gasteiger partial charge in [0.2, 0.25) is 0 Å². The third-order valence-corrected chi connectivity index (χ3v) is 2.64. The minimum absolute atomic E-state index is 0.743. The third kappa shape index (κ3) is 1.72. The SMILES string of the molecule is C=C(Br)Cn1ccc2cccc(Cl)c21. The van der Waals surface area contributed by atoms with Gasteiger partial charge in [-0.2, -0.15) is 0 Å². The Balaban J connectivity index is 2.61. The number of fused-ring (bicyclic) bond motifs is 1. The number of rotatable bonds is 2. The Hall–Kier alpha value is -0.730. The largest absolute Gasteiger partial charge is 0.341 e. The molecule has 0 aliphatic rings. The number of para-hydroxylation sites is 1. The van der Waals surface area contributed by atoms with Crippen LogP contribution in [0.2, 0.25) is 5.02 Å². The molecule has 0 saturated heterocycles. The first-order valence-electron chi connectivity index (χ1n) is 4.25. The quantitative estimate of drug-likeness (QED) is 0.770. The Morgan fingerprint density at radius 1 is 1.43 bits per heavy atom. The molecule has 0 saturated carbocycles. The van der Waals surface area contributed by atoms with Crippen LogP contribution in [0.3, 0.4) is 0 Å². The first-order valence-corrected chi connectivity index (χ1v) is 5.42.